The second kappa shape index (κ2) is 38.2. The van der Waals surface area contributed by atoms with Crippen molar-refractivity contribution in [2.45, 2.75) is 224 Å². The third-order valence-corrected chi connectivity index (χ3v) is 21.2. The molecule has 29 heteroatoms. The summed E-state index contributed by atoms with van der Waals surface area (Å²) in [6.07, 6.45) is 5.26. The van der Waals surface area contributed by atoms with Gasteiger partial charge in [0.15, 0.2) is 0 Å². The summed E-state index contributed by atoms with van der Waals surface area (Å²) in [5, 5.41) is 7.95. The first-order chi connectivity index (χ1) is 47.2. The lowest BCUT2D eigenvalue weighted by atomic mass is 9.84. The van der Waals surface area contributed by atoms with Crippen molar-refractivity contribution in [2.24, 2.45) is 17.8 Å². The molecule has 5 aliphatic rings. The van der Waals surface area contributed by atoms with Crippen LogP contribution in [0.1, 0.15) is 174 Å². The molecule has 5 fully saturated rings. The second-order valence-electron chi connectivity index (χ2n) is 28.8. The minimum atomic E-state index is -4.74. The van der Waals surface area contributed by atoms with E-state index in [-0.39, 0.29) is 89.0 Å². The second-order valence-corrected chi connectivity index (χ2v) is 29.2. The Morgan fingerprint density at radius 3 is 1.87 bits per heavy atom. The number of carbonyl (C=O) groups excluding carboxylic acids is 12. The Kier molecular flexibility index (Phi) is 31.3. The number of rotatable bonds is 13. The number of nitrogens with one attached hydrogen (secondary N) is 3. The van der Waals surface area contributed by atoms with E-state index in [1.807, 2.05) is 20.8 Å². The minimum absolute atomic E-state index is 0.0258. The number of ether oxygens (including phenoxy) is 1. The van der Waals surface area contributed by atoms with Gasteiger partial charge in [-0.25, -0.2) is 0 Å². The molecule has 2 aliphatic carbocycles. The monoisotopic (exact) mass is 1430 g/mol. The molecule has 100 heavy (non-hydrogen) atoms. The van der Waals surface area contributed by atoms with Gasteiger partial charge in [-0.3, -0.25) is 57.5 Å². The first-order valence-corrected chi connectivity index (χ1v) is 36.3. The van der Waals surface area contributed by atoms with Gasteiger partial charge in [0.2, 0.25) is 70.9 Å². The molecule has 1 aromatic rings. The summed E-state index contributed by atoms with van der Waals surface area (Å²) in [5.74, 6) is -8.02. The van der Waals surface area contributed by atoms with Crippen LogP contribution in [-0.4, -0.2) is 265 Å². The van der Waals surface area contributed by atoms with E-state index in [9.17, 15) is 65.9 Å². The summed E-state index contributed by atoms with van der Waals surface area (Å²) in [6.45, 7) is 6.40. The molecule has 560 valence electrons. The van der Waals surface area contributed by atoms with Crippen LogP contribution < -0.4 is 16.0 Å². The highest BCUT2D eigenvalue weighted by Crippen LogP contribution is 2.36. The van der Waals surface area contributed by atoms with Gasteiger partial charge in [0.1, 0.15) is 42.3 Å². The summed E-state index contributed by atoms with van der Waals surface area (Å²) in [5.41, 5.74) is -0.739. The highest BCUT2D eigenvalue weighted by atomic mass is 35.5. The zero-order chi connectivity index (χ0) is 73.9. The van der Waals surface area contributed by atoms with Crippen LogP contribution >= 0.6 is 11.6 Å². The lowest BCUT2D eigenvalue weighted by Crippen LogP contribution is -2.59. The molecular formula is C71H110ClF3N12O13. The maximum Gasteiger partial charge on any atom is 0.417 e. The molecule has 8 atom stereocenters. The number of carbonyl (C=O) groups is 12. The number of alkyl halides is 3. The van der Waals surface area contributed by atoms with E-state index < -0.39 is 162 Å². The first kappa shape index (κ1) is 81.9. The van der Waals surface area contributed by atoms with Crippen molar-refractivity contribution in [3.8, 4) is 0 Å². The Balaban J connectivity index is 1.33. The largest absolute Gasteiger partial charge is 0.417 e. The van der Waals surface area contributed by atoms with Crippen molar-refractivity contribution in [1.82, 2.24) is 60.0 Å². The molecule has 0 spiro atoms. The van der Waals surface area contributed by atoms with E-state index in [4.69, 9.17) is 16.3 Å². The molecule has 0 bridgehead atoms. The Morgan fingerprint density at radius 1 is 0.620 bits per heavy atom. The average molecular weight is 1430 g/mol. The van der Waals surface area contributed by atoms with Crippen LogP contribution in [0.15, 0.2) is 18.2 Å². The van der Waals surface area contributed by atoms with Crippen LogP contribution in [-0.2, 0) is 74.9 Å². The molecule has 1 aromatic carbocycles. The molecule has 0 unspecified atom stereocenters. The van der Waals surface area contributed by atoms with Gasteiger partial charge in [-0.1, -0.05) is 83.9 Å². The van der Waals surface area contributed by atoms with Crippen molar-refractivity contribution in [3.63, 3.8) is 0 Å². The lowest BCUT2D eigenvalue weighted by molar-refractivity contribution is -0.156. The number of hydrogen-bond donors (Lipinski definition) is 3. The number of benzene rings is 1. The number of halogens is 4. The minimum Gasteiger partial charge on any atom is -0.376 e. The molecule has 0 aromatic heterocycles. The molecular weight excluding hydrogens is 1320 g/mol. The topological polar surface area (TPSA) is 279 Å². The van der Waals surface area contributed by atoms with Crippen molar-refractivity contribution in [1.29, 1.82) is 0 Å². The molecule has 3 saturated heterocycles. The Morgan fingerprint density at radius 2 is 1.25 bits per heavy atom. The van der Waals surface area contributed by atoms with E-state index in [2.05, 4.69) is 16.0 Å². The Labute approximate surface area is 592 Å². The fourth-order valence-electron chi connectivity index (χ4n) is 13.8. The van der Waals surface area contributed by atoms with Crippen LogP contribution in [0.5, 0.6) is 0 Å². The molecule has 2 saturated carbocycles. The summed E-state index contributed by atoms with van der Waals surface area (Å²) < 4.78 is 47.5. The van der Waals surface area contributed by atoms with Gasteiger partial charge in [0.25, 0.3) is 0 Å². The molecule has 3 N–H and O–H groups in total. The van der Waals surface area contributed by atoms with Gasteiger partial charge in [0.05, 0.1) is 49.4 Å². The fraction of sp³-hybridized carbons (Fsp3) is 0.746. The van der Waals surface area contributed by atoms with Gasteiger partial charge in [-0.2, -0.15) is 13.2 Å². The van der Waals surface area contributed by atoms with Crippen LogP contribution in [0.4, 0.5) is 13.2 Å². The smallest absolute Gasteiger partial charge is 0.376 e. The van der Waals surface area contributed by atoms with Crippen molar-refractivity contribution >= 4 is 82.5 Å². The lowest BCUT2D eigenvalue weighted by Gasteiger charge is -2.39. The van der Waals surface area contributed by atoms with E-state index >= 15 is 4.79 Å². The van der Waals surface area contributed by atoms with Gasteiger partial charge in [-0.05, 0) is 125 Å². The SMILES string of the molecule is CC[C@H](C)[C@@H]1NC(=O)[C@H](CC(C)C)N(C)C(=O)C[C@@H](C(=O)N2CCCCC2)N(C)C(=O)[C@H](COC2CCC2)N(C)C(=O)CCCCNC(=O)[C@@H]2CCCN2C(=O)[C@H](CCc2ccc(C(F)(F)F)c(Cl)c2)NC(=O)CN(C)C(=O)[C@H](CC2CCCCC2)N(C)C(=O)CN(C)C(=O)CN(C)C1=O. The van der Waals surface area contributed by atoms with Crippen LogP contribution in [0.2, 0.25) is 5.02 Å². The van der Waals surface area contributed by atoms with Crippen LogP contribution in [0.25, 0.3) is 0 Å². The number of fused-ring (bicyclic) bond motifs is 1. The van der Waals surface area contributed by atoms with Crippen molar-refractivity contribution in [2.75, 3.05) is 102 Å². The molecule has 12 amide bonds. The predicted octanol–water partition coefficient (Wildman–Crippen LogP) is 5.27. The normalized spacial score (nSPS) is 25.9. The molecule has 25 nitrogen and oxygen atoms in total. The maximum atomic E-state index is 15.1. The van der Waals surface area contributed by atoms with Gasteiger partial charge >= 0.3 is 6.18 Å². The third-order valence-electron chi connectivity index (χ3n) is 20.8. The number of likely N-dealkylation sites (N-methyl/N-ethyl adjacent to an activating group) is 7. The summed E-state index contributed by atoms with van der Waals surface area (Å²) in [7, 11) is 9.89. The molecule has 3 heterocycles. The summed E-state index contributed by atoms with van der Waals surface area (Å²) in [4.78, 5) is 186. The highest BCUT2D eigenvalue weighted by molar-refractivity contribution is 6.31. The molecule has 3 aliphatic heterocycles. The predicted molar refractivity (Wildman–Crippen MR) is 368 cm³/mol. The Hall–Kier alpha value is -7.10. The van der Waals surface area contributed by atoms with E-state index in [1.54, 1.807) is 11.8 Å². The zero-order valence-corrected chi connectivity index (χ0v) is 61.4. The van der Waals surface area contributed by atoms with Crippen molar-refractivity contribution in [3.05, 3.63) is 34.3 Å². The third kappa shape index (κ3) is 22.7. The number of nitrogens with zero attached hydrogens (tertiary/aromatic N) is 9. The first-order valence-electron chi connectivity index (χ1n) is 36.0. The van der Waals surface area contributed by atoms with Gasteiger partial charge in [-0.15, -0.1) is 0 Å². The summed E-state index contributed by atoms with van der Waals surface area (Å²) in [6, 6.07) is -5.30. The van der Waals surface area contributed by atoms with Gasteiger partial charge in [0, 0.05) is 81.9 Å². The number of hydrogen-bond acceptors (Lipinski definition) is 13. The van der Waals surface area contributed by atoms with Crippen molar-refractivity contribution < 1.29 is 75.4 Å². The highest BCUT2D eigenvalue weighted by Gasteiger charge is 2.44. The van der Waals surface area contributed by atoms with Crippen LogP contribution in [0.3, 0.4) is 0 Å². The van der Waals surface area contributed by atoms with E-state index in [0.717, 1.165) is 84.6 Å². The molecule has 6 rings (SSSR count). The standard InChI is InChI=1S/C71H110ClF3N12O13/c1-12-46(4)63-70(99)81(7)42-61(91)79(5)43-62(92)83(9)55(39-47-23-15-13-16-24-47)67(96)80(6)41-58(88)77-52(32-30-48-29-31-50(51(72)38-48)71(73,74)75)66(95)87-36-22-27-53(87)64(93)76-33-18-17-28-59(89)84(10)57(44-100-49-25-21-26-49)68(97)85(11)56(69(98)86-34-19-14-20-35-86)40-60(90)82(8)54(37-45(2)3)65(94)78-63/h29,31,38,45-47,49,52-57,63H,12-28,30,32-37,39-44H2,1-11H3,(H,76,93)(H,77,88)(H,78,94)/t46-,52-,53-,54-,55-,56-,57-,63-/m0/s1. The fourth-order valence-corrected chi connectivity index (χ4v) is 14.1. The number of aryl methyl sites for hydroxylation is 1. The number of piperidine rings is 1. The average Bonchev–Trinajstić information content (AvgIpc) is 1.21. The van der Waals surface area contributed by atoms with E-state index in [0.29, 0.717) is 44.3 Å². The molecule has 0 radical (unpaired) electrons. The Bertz CT molecular complexity index is 3040. The van der Waals surface area contributed by atoms with Gasteiger partial charge < -0.3 is 64.8 Å². The zero-order valence-electron chi connectivity index (χ0n) is 60.6. The maximum absolute atomic E-state index is 15.1. The quantitative estimate of drug-likeness (QED) is 0.227. The van der Waals surface area contributed by atoms with E-state index in [1.165, 1.54) is 79.9 Å². The number of amides is 12. The van der Waals surface area contributed by atoms with Crippen LogP contribution in [0, 0.1) is 17.8 Å². The summed E-state index contributed by atoms with van der Waals surface area (Å²) >= 11 is 6.10. The number of likely N-dealkylation sites (tertiary alicyclic amines) is 1.